The Bertz CT molecular complexity index is 383. The lowest BCUT2D eigenvalue weighted by Gasteiger charge is -2.41. The zero-order valence-corrected chi connectivity index (χ0v) is 14.8. The molecule has 2 aliphatic rings. The summed E-state index contributed by atoms with van der Waals surface area (Å²) in [6, 6.07) is 0. The standard InChI is InChI=1S/C18H33NO4/c1-17(2,3)15-5-7-18(8-6-15)22-14-16(23-18)13-19(10-12-21)9-4-11-20/h4,9,15-16,20-21H,5-8,10-14H2,1-3H3/b9-4+. The van der Waals surface area contributed by atoms with Crippen molar-refractivity contribution in [2.45, 2.75) is 58.3 Å². The molecule has 0 bridgehead atoms. The summed E-state index contributed by atoms with van der Waals surface area (Å²) in [5.74, 6) is 0.343. The maximum absolute atomic E-state index is 9.15. The normalized spacial score (nSPS) is 32.0. The van der Waals surface area contributed by atoms with Gasteiger partial charge < -0.3 is 24.6 Å². The molecule has 1 aliphatic carbocycles. The van der Waals surface area contributed by atoms with Crippen LogP contribution in [0.5, 0.6) is 0 Å². The second kappa shape index (κ2) is 7.97. The van der Waals surface area contributed by atoms with E-state index in [1.54, 1.807) is 6.08 Å². The van der Waals surface area contributed by atoms with Gasteiger partial charge in [-0.1, -0.05) is 20.8 Å². The molecule has 5 heteroatoms. The van der Waals surface area contributed by atoms with Crippen LogP contribution < -0.4 is 0 Å². The van der Waals surface area contributed by atoms with Crippen molar-refractivity contribution >= 4 is 0 Å². The minimum Gasteiger partial charge on any atom is -0.395 e. The summed E-state index contributed by atoms with van der Waals surface area (Å²) in [4.78, 5) is 1.98. The zero-order valence-electron chi connectivity index (χ0n) is 14.8. The number of rotatable bonds is 6. The fraction of sp³-hybridized carbons (Fsp3) is 0.889. The van der Waals surface area contributed by atoms with E-state index in [2.05, 4.69) is 20.8 Å². The van der Waals surface area contributed by atoms with E-state index >= 15 is 0 Å². The van der Waals surface area contributed by atoms with E-state index in [9.17, 15) is 0 Å². The summed E-state index contributed by atoms with van der Waals surface area (Å²) in [6.45, 7) is 8.86. The maximum atomic E-state index is 9.15. The molecule has 1 saturated carbocycles. The first-order valence-corrected chi connectivity index (χ1v) is 8.83. The lowest BCUT2D eigenvalue weighted by atomic mass is 9.71. The van der Waals surface area contributed by atoms with Crippen molar-refractivity contribution in [3.63, 3.8) is 0 Å². The third kappa shape index (κ3) is 5.18. The zero-order chi connectivity index (χ0) is 16.9. The predicted octanol–water partition coefficient (Wildman–Crippen LogP) is 2.13. The van der Waals surface area contributed by atoms with Gasteiger partial charge in [-0.25, -0.2) is 0 Å². The highest BCUT2D eigenvalue weighted by molar-refractivity contribution is 4.91. The minimum atomic E-state index is -0.391. The molecule has 0 aromatic heterocycles. The van der Waals surface area contributed by atoms with Gasteiger partial charge >= 0.3 is 0 Å². The molecule has 1 unspecified atom stereocenters. The monoisotopic (exact) mass is 327 g/mol. The van der Waals surface area contributed by atoms with Crippen LogP contribution in [-0.4, -0.2) is 59.9 Å². The van der Waals surface area contributed by atoms with E-state index < -0.39 is 5.79 Å². The number of hydrogen-bond donors (Lipinski definition) is 2. The fourth-order valence-corrected chi connectivity index (χ4v) is 3.71. The SMILES string of the molecule is CC(C)(C)C1CCC2(CC1)OCC(CN(/C=C/CO)CCO)O2. The van der Waals surface area contributed by atoms with Gasteiger partial charge in [-0.05, 0) is 36.5 Å². The van der Waals surface area contributed by atoms with Crippen LogP contribution in [0.15, 0.2) is 12.3 Å². The summed E-state index contributed by atoms with van der Waals surface area (Å²) in [5, 5.41) is 18.0. The van der Waals surface area contributed by atoms with Gasteiger partial charge in [-0.2, -0.15) is 0 Å². The number of aliphatic hydroxyl groups is 2. The van der Waals surface area contributed by atoms with Crippen LogP contribution in [0, 0.1) is 11.3 Å². The minimum absolute atomic E-state index is 0.00207. The smallest absolute Gasteiger partial charge is 0.169 e. The second-order valence-electron chi connectivity index (χ2n) is 7.89. The molecule has 1 aliphatic heterocycles. The Morgan fingerprint density at radius 2 is 1.91 bits per heavy atom. The molecule has 23 heavy (non-hydrogen) atoms. The molecular formula is C18H33NO4. The highest BCUT2D eigenvalue weighted by Crippen LogP contribution is 2.45. The van der Waals surface area contributed by atoms with Gasteiger partial charge in [-0.15, -0.1) is 0 Å². The highest BCUT2D eigenvalue weighted by Gasteiger charge is 2.45. The molecule has 0 aromatic carbocycles. The van der Waals surface area contributed by atoms with Crippen molar-refractivity contribution in [1.29, 1.82) is 0 Å². The van der Waals surface area contributed by atoms with Crippen molar-refractivity contribution in [3.8, 4) is 0 Å². The van der Waals surface area contributed by atoms with Crippen LogP contribution in [0.4, 0.5) is 0 Å². The molecule has 1 saturated heterocycles. The average Bonchev–Trinajstić information content (AvgIpc) is 2.87. The molecule has 0 amide bonds. The van der Waals surface area contributed by atoms with Crippen LogP contribution in [0.2, 0.25) is 0 Å². The molecule has 1 atom stereocenters. The average molecular weight is 327 g/mol. The largest absolute Gasteiger partial charge is 0.395 e. The Labute approximate surface area is 140 Å². The van der Waals surface area contributed by atoms with Crippen molar-refractivity contribution in [3.05, 3.63) is 12.3 Å². The van der Waals surface area contributed by atoms with E-state index in [-0.39, 0.29) is 19.3 Å². The summed E-state index contributed by atoms with van der Waals surface area (Å²) in [6.07, 6.45) is 7.77. The first-order chi connectivity index (χ1) is 10.9. The second-order valence-corrected chi connectivity index (χ2v) is 7.89. The summed E-state index contributed by atoms with van der Waals surface area (Å²) in [7, 11) is 0. The van der Waals surface area contributed by atoms with Gasteiger partial charge in [0.05, 0.1) is 19.8 Å². The van der Waals surface area contributed by atoms with Crippen molar-refractivity contribution in [2.75, 3.05) is 32.9 Å². The highest BCUT2D eigenvalue weighted by atomic mass is 16.7. The predicted molar refractivity (Wildman–Crippen MR) is 89.9 cm³/mol. The van der Waals surface area contributed by atoms with Gasteiger partial charge in [0.25, 0.3) is 0 Å². The topological polar surface area (TPSA) is 62.2 Å². The third-order valence-electron chi connectivity index (χ3n) is 5.13. The van der Waals surface area contributed by atoms with Crippen LogP contribution in [0.1, 0.15) is 46.5 Å². The van der Waals surface area contributed by atoms with Crippen molar-refractivity contribution in [1.82, 2.24) is 4.90 Å². The molecule has 134 valence electrons. The van der Waals surface area contributed by atoms with E-state index in [1.165, 1.54) is 0 Å². The lowest BCUT2D eigenvalue weighted by molar-refractivity contribution is -0.197. The molecular weight excluding hydrogens is 294 g/mol. The Morgan fingerprint density at radius 1 is 1.22 bits per heavy atom. The number of aliphatic hydroxyl groups excluding tert-OH is 2. The summed E-state index contributed by atoms with van der Waals surface area (Å²) < 4.78 is 12.3. The Hall–Kier alpha value is -0.620. The summed E-state index contributed by atoms with van der Waals surface area (Å²) in [5.41, 5.74) is 0.354. The Kier molecular flexibility index (Phi) is 6.48. The molecule has 0 radical (unpaired) electrons. The first-order valence-electron chi connectivity index (χ1n) is 8.83. The van der Waals surface area contributed by atoms with E-state index in [4.69, 9.17) is 19.7 Å². The van der Waals surface area contributed by atoms with Crippen LogP contribution in [0.3, 0.4) is 0 Å². The van der Waals surface area contributed by atoms with E-state index in [1.807, 2.05) is 11.1 Å². The molecule has 1 heterocycles. The van der Waals surface area contributed by atoms with Gasteiger partial charge in [0.15, 0.2) is 5.79 Å². The Morgan fingerprint density at radius 3 is 2.48 bits per heavy atom. The van der Waals surface area contributed by atoms with E-state index in [0.29, 0.717) is 25.1 Å². The molecule has 2 N–H and O–H groups in total. The Balaban J connectivity index is 1.85. The molecule has 2 fully saturated rings. The van der Waals surface area contributed by atoms with Gasteiger partial charge in [-0.3, -0.25) is 0 Å². The molecule has 5 nitrogen and oxygen atoms in total. The quantitative estimate of drug-likeness (QED) is 0.782. The third-order valence-corrected chi connectivity index (χ3v) is 5.13. The number of ether oxygens (including phenoxy) is 2. The summed E-state index contributed by atoms with van der Waals surface area (Å²) >= 11 is 0. The number of hydrogen-bond acceptors (Lipinski definition) is 5. The van der Waals surface area contributed by atoms with Crippen LogP contribution >= 0.6 is 0 Å². The number of nitrogens with zero attached hydrogens (tertiary/aromatic N) is 1. The maximum Gasteiger partial charge on any atom is 0.169 e. The van der Waals surface area contributed by atoms with Crippen molar-refractivity contribution < 1.29 is 19.7 Å². The van der Waals surface area contributed by atoms with Crippen molar-refractivity contribution in [2.24, 2.45) is 11.3 Å². The molecule has 2 rings (SSSR count). The first kappa shape index (κ1) is 18.7. The van der Waals surface area contributed by atoms with Gasteiger partial charge in [0.2, 0.25) is 0 Å². The van der Waals surface area contributed by atoms with Crippen LogP contribution in [0.25, 0.3) is 0 Å². The molecule has 1 spiro atoms. The van der Waals surface area contributed by atoms with Gasteiger partial charge in [0, 0.05) is 25.9 Å². The molecule has 0 aromatic rings. The fourth-order valence-electron chi connectivity index (χ4n) is 3.71. The lowest BCUT2D eigenvalue weighted by Crippen LogP contribution is -2.40. The van der Waals surface area contributed by atoms with Crippen LogP contribution in [-0.2, 0) is 9.47 Å². The van der Waals surface area contributed by atoms with Gasteiger partial charge in [0.1, 0.15) is 6.10 Å². The van der Waals surface area contributed by atoms with E-state index in [0.717, 1.165) is 31.6 Å².